The van der Waals surface area contributed by atoms with E-state index in [-0.39, 0.29) is 6.04 Å². The largest absolute Gasteiger partial charge is 0.330 e. The lowest BCUT2D eigenvalue weighted by Gasteiger charge is -2.25. The first-order valence-electron chi connectivity index (χ1n) is 7.34. The van der Waals surface area contributed by atoms with Gasteiger partial charge in [-0.1, -0.05) is 19.8 Å². The van der Waals surface area contributed by atoms with Crippen LogP contribution in [0.3, 0.4) is 0 Å². The number of rotatable bonds is 7. The maximum absolute atomic E-state index is 12.7. The van der Waals surface area contributed by atoms with Crippen LogP contribution in [0.2, 0.25) is 0 Å². The van der Waals surface area contributed by atoms with Crippen LogP contribution in [0, 0.1) is 0 Å². The van der Waals surface area contributed by atoms with Crippen molar-refractivity contribution in [2.45, 2.75) is 56.5 Å². The Kier molecular flexibility index (Phi) is 5.17. The third kappa shape index (κ3) is 3.21. The van der Waals surface area contributed by atoms with Crippen LogP contribution in [-0.2, 0) is 16.6 Å². The van der Waals surface area contributed by atoms with Gasteiger partial charge >= 0.3 is 0 Å². The molecular weight excluding hydrogens is 276 g/mol. The summed E-state index contributed by atoms with van der Waals surface area (Å²) in [6.07, 6.45) is 8.02. The lowest BCUT2D eigenvalue weighted by Crippen LogP contribution is -2.38. The van der Waals surface area contributed by atoms with Crippen LogP contribution in [0.4, 0.5) is 0 Å². The predicted molar refractivity (Wildman–Crippen MR) is 77.7 cm³/mol. The summed E-state index contributed by atoms with van der Waals surface area (Å²) < 4.78 is 28.7. The van der Waals surface area contributed by atoms with E-state index in [0.29, 0.717) is 24.5 Å². The Bertz CT molecular complexity index is 520. The molecule has 0 aliphatic heterocycles. The number of nitrogens with two attached hydrogens (primary N) is 1. The highest BCUT2D eigenvalue weighted by molar-refractivity contribution is 7.89. The number of sulfonamides is 1. The van der Waals surface area contributed by atoms with Gasteiger partial charge in [0, 0.05) is 25.3 Å². The molecule has 0 atom stereocenters. The van der Waals surface area contributed by atoms with Crippen molar-refractivity contribution in [2.24, 2.45) is 5.73 Å². The minimum absolute atomic E-state index is 0.150. The molecule has 114 valence electrons. The van der Waals surface area contributed by atoms with E-state index in [1.807, 2.05) is 6.92 Å². The van der Waals surface area contributed by atoms with Gasteiger partial charge in [0.05, 0.1) is 6.20 Å². The van der Waals surface area contributed by atoms with Crippen LogP contribution < -0.4 is 5.73 Å². The molecule has 0 unspecified atom stereocenters. The van der Waals surface area contributed by atoms with E-state index in [9.17, 15) is 8.42 Å². The van der Waals surface area contributed by atoms with Crippen molar-refractivity contribution in [1.29, 1.82) is 0 Å². The van der Waals surface area contributed by atoms with Crippen molar-refractivity contribution in [2.75, 3.05) is 13.1 Å². The molecule has 0 spiro atoms. The molecule has 1 aliphatic rings. The molecule has 0 saturated heterocycles. The molecule has 0 aromatic carbocycles. The average molecular weight is 300 g/mol. The second-order valence-electron chi connectivity index (χ2n) is 5.23. The summed E-state index contributed by atoms with van der Waals surface area (Å²) in [5.41, 5.74) is 5.45. The summed E-state index contributed by atoms with van der Waals surface area (Å²) in [6, 6.07) is 0.150. The molecule has 1 aliphatic carbocycles. The van der Waals surface area contributed by atoms with Crippen molar-refractivity contribution >= 4 is 10.0 Å². The van der Waals surface area contributed by atoms with Gasteiger partial charge in [0.15, 0.2) is 0 Å². The number of hydrogen-bond donors (Lipinski definition) is 1. The van der Waals surface area contributed by atoms with E-state index in [1.165, 1.54) is 6.20 Å². The zero-order valence-corrected chi connectivity index (χ0v) is 12.8. The van der Waals surface area contributed by atoms with E-state index >= 15 is 0 Å². The van der Waals surface area contributed by atoms with E-state index in [0.717, 1.165) is 32.1 Å². The summed E-state index contributed by atoms with van der Waals surface area (Å²) in [4.78, 5) is 0.295. The Hall–Kier alpha value is -0.920. The molecule has 0 amide bonds. The van der Waals surface area contributed by atoms with Gasteiger partial charge in [0.25, 0.3) is 0 Å². The fraction of sp³-hybridized carbons (Fsp3) is 0.769. The highest BCUT2D eigenvalue weighted by atomic mass is 32.2. The highest BCUT2D eigenvalue weighted by Crippen LogP contribution is 2.28. The summed E-state index contributed by atoms with van der Waals surface area (Å²) in [5.74, 6) is 0. The standard InChI is InChI=1S/C13H24N4O2S/c1-2-17(12-6-3-4-7-12)20(18,19)13-10-15-16(11-13)9-5-8-14/h10-12H,2-9,14H2,1H3. The molecule has 1 aromatic heterocycles. The van der Waals surface area contributed by atoms with E-state index in [1.54, 1.807) is 15.2 Å². The summed E-state index contributed by atoms with van der Waals surface area (Å²) in [5, 5.41) is 4.12. The minimum Gasteiger partial charge on any atom is -0.330 e. The highest BCUT2D eigenvalue weighted by Gasteiger charge is 2.32. The summed E-state index contributed by atoms with van der Waals surface area (Å²) in [7, 11) is -3.42. The van der Waals surface area contributed by atoms with E-state index in [2.05, 4.69) is 5.10 Å². The molecule has 1 fully saturated rings. The first-order chi connectivity index (χ1) is 9.59. The Morgan fingerprint density at radius 1 is 1.45 bits per heavy atom. The van der Waals surface area contributed by atoms with Gasteiger partial charge in [0.1, 0.15) is 4.90 Å². The second kappa shape index (κ2) is 6.69. The minimum atomic E-state index is -3.42. The van der Waals surface area contributed by atoms with Crippen molar-refractivity contribution in [3.05, 3.63) is 12.4 Å². The fourth-order valence-corrected chi connectivity index (χ4v) is 4.45. The second-order valence-corrected chi connectivity index (χ2v) is 7.12. The molecule has 20 heavy (non-hydrogen) atoms. The Balaban J connectivity index is 2.17. The van der Waals surface area contributed by atoms with E-state index in [4.69, 9.17) is 5.73 Å². The van der Waals surface area contributed by atoms with Crippen LogP contribution >= 0.6 is 0 Å². The zero-order valence-electron chi connectivity index (χ0n) is 12.0. The lowest BCUT2D eigenvalue weighted by molar-refractivity contribution is 0.335. The van der Waals surface area contributed by atoms with Crippen molar-refractivity contribution in [1.82, 2.24) is 14.1 Å². The first kappa shape index (κ1) is 15.5. The normalized spacial score (nSPS) is 17.1. The summed E-state index contributed by atoms with van der Waals surface area (Å²) >= 11 is 0. The van der Waals surface area contributed by atoms with Crippen LogP contribution in [0.25, 0.3) is 0 Å². The smallest absolute Gasteiger partial charge is 0.246 e. The van der Waals surface area contributed by atoms with Gasteiger partial charge in [0.2, 0.25) is 10.0 Å². The molecule has 6 nitrogen and oxygen atoms in total. The van der Waals surface area contributed by atoms with Crippen molar-refractivity contribution < 1.29 is 8.42 Å². The topological polar surface area (TPSA) is 81.2 Å². The quantitative estimate of drug-likeness (QED) is 0.820. The number of aromatic nitrogens is 2. The third-order valence-electron chi connectivity index (χ3n) is 3.85. The molecule has 1 aromatic rings. The maximum Gasteiger partial charge on any atom is 0.246 e. The van der Waals surface area contributed by atoms with E-state index < -0.39 is 10.0 Å². The molecule has 7 heteroatoms. The first-order valence-corrected chi connectivity index (χ1v) is 8.78. The van der Waals surface area contributed by atoms with Crippen molar-refractivity contribution in [3.8, 4) is 0 Å². The predicted octanol–water partition coefficient (Wildman–Crippen LogP) is 1.19. The van der Waals surface area contributed by atoms with Gasteiger partial charge in [-0.3, -0.25) is 4.68 Å². The molecule has 1 saturated carbocycles. The van der Waals surface area contributed by atoms with Crippen LogP contribution in [0.5, 0.6) is 0 Å². The van der Waals surface area contributed by atoms with Crippen molar-refractivity contribution in [3.63, 3.8) is 0 Å². The van der Waals surface area contributed by atoms with Gasteiger partial charge in [-0.05, 0) is 25.8 Å². The molecular formula is C13H24N4O2S. The average Bonchev–Trinajstić information content (AvgIpc) is 3.08. The van der Waals surface area contributed by atoms with Crippen LogP contribution in [0.15, 0.2) is 17.3 Å². The number of aryl methyl sites for hydroxylation is 1. The van der Waals surface area contributed by atoms with Crippen LogP contribution in [0.1, 0.15) is 39.0 Å². The Labute approximate surface area is 121 Å². The molecule has 2 N–H and O–H groups in total. The monoisotopic (exact) mass is 300 g/mol. The number of hydrogen-bond acceptors (Lipinski definition) is 4. The summed E-state index contributed by atoms with van der Waals surface area (Å²) in [6.45, 7) is 3.64. The Morgan fingerprint density at radius 2 is 2.15 bits per heavy atom. The van der Waals surface area contributed by atoms with Gasteiger partial charge in [-0.15, -0.1) is 0 Å². The third-order valence-corrected chi connectivity index (χ3v) is 5.83. The SMILES string of the molecule is CCN(C1CCCC1)S(=O)(=O)c1cnn(CCCN)c1. The lowest BCUT2D eigenvalue weighted by atomic mass is 10.2. The molecule has 0 bridgehead atoms. The zero-order chi connectivity index (χ0) is 14.6. The fourth-order valence-electron chi connectivity index (χ4n) is 2.81. The van der Waals surface area contributed by atoms with Gasteiger partial charge < -0.3 is 5.73 Å². The van der Waals surface area contributed by atoms with Gasteiger partial charge in [-0.2, -0.15) is 9.40 Å². The number of nitrogens with zero attached hydrogens (tertiary/aromatic N) is 3. The molecule has 0 radical (unpaired) electrons. The Morgan fingerprint density at radius 3 is 2.75 bits per heavy atom. The molecule has 2 rings (SSSR count). The maximum atomic E-state index is 12.7. The van der Waals surface area contributed by atoms with Gasteiger partial charge in [-0.25, -0.2) is 8.42 Å². The van der Waals surface area contributed by atoms with Crippen LogP contribution in [-0.4, -0.2) is 41.6 Å². The molecule has 1 heterocycles.